The summed E-state index contributed by atoms with van der Waals surface area (Å²) in [6.07, 6.45) is 1.51. The van der Waals surface area contributed by atoms with Gasteiger partial charge in [-0.25, -0.2) is 0 Å². The van der Waals surface area contributed by atoms with Gasteiger partial charge in [0.05, 0.1) is 6.61 Å². The van der Waals surface area contributed by atoms with Crippen LogP contribution in [0.5, 0.6) is 11.5 Å². The van der Waals surface area contributed by atoms with Crippen molar-refractivity contribution in [2.75, 3.05) is 11.9 Å². The summed E-state index contributed by atoms with van der Waals surface area (Å²) in [6, 6.07) is 20.6. The molecule has 0 unspecified atom stereocenters. The maximum Gasteiger partial charge on any atom is 0.266 e. The molecule has 3 aromatic rings. The van der Waals surface area contributed by atoms with E-state index in [0.29, 0.717) is 41.0 Å². The van der Waals surface area contributed by atoms with Gasteiger partial charge in [0.2, 0.25) is 0 Å². The van der Waals surface area contributed by atoms with E-state index in [1.165, 1.54) is 6.08 Å². The van der Waals surface area contributed by atoms with Crippen molar-refractivity contribution in [3.63, 3.8) is 0 Å². The molecule has 3 aromatic carbocycles. The first-order valence-electron chi connectivity index (χ1n) is 10.2. The van der Waals surface area contributed by atoms with Crippen molar-refractivity contribution < 1.29 is 14.3 Å². The lowest BCUT2D eigenvalue weighted by molar-refractivity contribution is -0.112. The predicted molar refractivity (Wildman–Crippen MR) is 140 cm³/mol. The maximum absolute atomic E-state index is 12.7. The molecule has 0 saturated carbocycles. The van der Waals surface area contributed by atoms with E-state index in [2.05, 4.69) is 27.9 Å². The molecule has 0 aliphatic heterocycles. The fourth-order valence-corrected chi connectivity index (χ4v) is 3.53. The summed E-state index contributed by atoms with van der Waals surface area (Å²) in [5, 5.41) is 12.8. The second-order valence-corrected chi connectivity index (χ2v) is 8.74. The molecule has 0 heterocycles. The number of amides is 1. The molecule has 33 heavy (non-hydrogen) atoms. The summed E-state index contributed by atoms with van der Waals surface area (Å²) >= 11 is 8.38. The van der Waals surface area contributed by atoms with Crippen LogP contribution < -0.4 is 14.8 Å². The molecule has 7 heteroatoms. The highest BCUT2D eigenvalue weighted by Crippen LogP contribution is 2.30. The van der Waals surface area contributed by atoms with Crippen LogP contribution in [0.2, 0.25) is 5.02 Å². The van der Waals surface area contributed by atoms with Crippen LogP contribution in [0, 0.1) is 21.8 Å². The number of rotatable bonds is 8. The fraction of sp³-hybridized carbons (Fsp3) is 0.154. The van der Waals surface area contributed by atoms with E-state index >= 15 is 0 Å². The molecule has 0 atom stereocenters. The molecule has 1 amide bonds. The molecule has 0 saturated heterocycles. The average molecular weight is 573 g/mol. The molecule has 0 bridgehead atoms. The molecule has 168 valence electrons. The molecular formula is C26H22ClIN2O3. The third-order valence-electron chi connectivity index (χ3n) is 4.77. The number of ether oxygens (including phenoxy) is 2. The third kappa shape index (κ3) is 6.73. The van der Waals surface area contributed by atoms with Gasteiger partial charge in [0, 0.05) is 14.3 Å². The Bertz CT molecular complexity index is 1220. The van der Waals surface area contributed by atoms with Crippen molar-refractivity contribution in [2.24, 2.45) is 0 Å². The molecule has 3 rings (SSSR count). The van der Waals surface area contributed by atoms with Gasteiger partial charge < -0.3 is 14.8 Å². The Hall–Kier alpha value is -3.02. The van der Waals surface area contributed by atoms with E-state index in [4.69, 9.17) is 21.1 Å². The van der Waals surface area contributed by atoms with Crippen LogP contribution in [0.4, 0.5) is 5.69 Å². The summed E-state index contributed by atoms with van der Waals surface area (Å²) in [4.78, 5) is 12.7. The van der Waals surface area contributed by atoms with Crippen molar-refractivity contribution in [3.8, 4) is 17.6 Å². The number of carbonyl (C=O) groups is 1. The second-order valence-electron chi connectivity index (χ2n) is 7.09. The van der Waals surface area contributed by atoms with E-state index in [1.54, 1.807) is 43.3 Å². The van der Waals surface area contributed by atoms with Crippen LogP contribution in [0.3, 0.4) is 0 Å². The molecule has 0 fully saturated rings. The van der Waals surface area contributed by atoms with Crippen LogP contribution in [0.15, 0.2) is 66.2 Å². The average Bonchev–Trinajstić information content (AvgIpc) is 2.81. The standard InChI is InChI=1S/C26H22ClIN2O3/c1-3-32-25-14-19(9-12-24(25)33-16-18-7-10-21(28)11-8-18)13-20(15-29)26(31)30-23-6-4-5-22(27)17(23)2/h4-14H,3,16H2,1-2H3,(H,30,31)/b20-13+. The van der Waals surface area contributed by atoms with Gasteiger partial charge >= 0.3 is 0 Å². The highest BCUT2D eigenvalue weighted by Gasteiger charge is 2.13. The summed E-state index contributed by atoms with van der Waals surface area (Å²) in [7, 11) is 0. The van der Waals surface area contributed by atoms with E-state index in [-0.39, 0.29) is 5.57 Å². The SMILES string of the molecule is CCOc1cc(/C=C(\C#N)C(=O)Nc2cccc(Cl)c2C)ccc1OCc1ccc(I)cc1. The summed E-state index contributed by atoms with van der Waals surface area (Å²) in [5.74, 6) is 0.616. The topological polar surface area (TPSA) is 71.3 Å². The molecular weight excluding hydrogens is 551 g/mol. The number of anilines is 1. The fourth-order valence-electron chi connectivity index (χ4n) is 2.99. The smallest absolute Gasteiger partial charge is 0.266 e. The lowest BCUT2D eigenvalue weighted by Crippen LogP contribution is -2.14. The zero-order valence-electron chi connectivity index (χ0n) is 18.2. The second kappa shape index (κ2) is 11.7. The molecule has 0 spiro atoms. The largest absolute Gasteiger partial charge is 0.490 e. The van der Waals surface area contributed by atoms with E-state index in [1.807, 2.05) is 37.3 Å². The van der Waals surface area contributed by atoms with E-state index in [9.17, 15) is 10.1 Å². The number of carbonyl (C=O) groups excluding carboxylic acids is 1. The number of hydrogen-bond donors (Lipinski definition) is 1. The highest BCUT2D eigenvalue weighted by molar-refractivity contribution is 14.1. The Morgan fingerprint density at radius 1 is 1.12 bits per heavy atom. The number of nitriles is 1. The Kier molecular flexibility index (Phi) is 8.75. The minimum absolute atomic E-state index is 0.0376. The van der Waals surface area contributed by atoms with Gasteiger partial charge in [-0.3, -0.25) is 4.79 Å². The Morgan fingerprint density at radius 3 is 2.58 bits per heavy atom. The van der Waals surface area contributed by atoms with Crippen LogP contribution in [-0.4, -0.2) is 12.5 Å². The minimum atomic E-state index is -0.514. The van der Waals surface area contributed by atoms with Crippen LogP contribution in [0.25, 0.3) is 6.08 Å². The summed E-state index contributed by atoms with van der Waals surface area (Å²) in [5.41, 5.74) is 2.95. The van der Waals surface area contributed by atoms with Crippen LogP contribution >= 0.6 is 34.2 Å². The Balaban J connectivity index is 1.79. The van der Waals surface area contributed by atoms with Gasteiger partial charge in [0.25, 0.3) is 5.91 Å². The van der Waals surface area contributed by atoms with Gasteiger partial charge in [-0.05, 0) is 95.6 Å². The lowest BCUT2D eigenvalue weighted by Gasteiger charge is -2.13. The number of nitrogens with zero attached hydrogens (tertiary/aromatic N) is 1. The van der Waals surface area contributed by atoms with Gasteiger partial charge in [-0.2, -0.15) is 5.26 Å². The molecule has 0 aliphatic carbocycles. The first-order chi connectivity index (χ1) is 15.9. The van der Waals surface area contributed by atoms with E-state index in [0.717, 1.165) is 14.7 Å². The van der Waals surface area contributed by atoms with Crippen molar-refractivity contribution >= 4 is 51.9 Å². The van der Waals surface area contributed by atoms with Crippen molar-refractivity contribution in [3.05, 3.63) is 91.5 Å². The number of halogens is 2. The molecule has 0 aliphatic rings. The normalized spacial score (nSPS) is 10.9. The monoisotopic (exact) mass is 572 g/mol. The zero-order chi connectivity index (χ0) is 23.8. The predicted octanol–water partition coefficient (Wildman–Crippen LogP) is 6.78. The molecule has 0 aromatic heterocycles. The van der Waals surface area contributed by atoms with Crippen LogP contribution in [-0.2, 0) is 11.4 Å². The van der Waals surface area contributed by atoms with Crippen molar-refractivity contribution in [1.82, 2.24) is 0 Å². The van der Waals surface area contributed by atoms with Crippen molar-refractivity contribution in [2.45, 2.75) is 20.5 Å². The van der Waals surface area contributed by atoms with Gasteiger partial charge in [-0.1, -0.05) is 35.9 Å². The molecule has 5 nitrogen and oxygen atoms in total. The quantitative estimate of drug-likeness (QED) is 0.184. The lowest BCUT2D eigenvalue weighted by atomic mass is 10.1. The number of hydrogen-bond acceptors (Lipinski definition) is 4. The van der Waals surface area contributed by atoms with E-state index < -0.39 is 5.91 Å². The zero-order valence-corrected chi connectivity index (χ0v) is 21.1. The van der Waals surface area contributed by atoms with Gasteiger partial charge in [-0.15, -0.1) is 0 Å². The first-order valence-corrected chi connectivity index (χ1v) is 11.7. The summed E-state index contributed by atoms with van der Waals surface area (Å²) < 4.78 is 12.8. The third-order valence-corrected chi connectivity index (χ3v) is 5.90. The minimum Gasteiger partial charge on any atom is -0.490 e. The first kappa shape index (κ1) is 24.6. The molecule has 0 radical (unpaired) electrons. The number of benzene rings is 3. The number of nitrogens with one attached hydrogen (secondary N) is 1. The van der Waals surface area contributed by atoms with Gasteiger partial charge in [0.1, 0.15) is 18.2 Å². The Labute approximate surface area is 212 Å². The van der Waals surface area contributed by atoms with Gasteiger partial charge in [0.15, 0.2) is 11.5 Å². The highest BCUT2D eigenvalue weighted by atomic mass is 127. The molecule has 1 N–H and O–H groups in total. The maximum atomic E-state index is 12.7. The summed E-state index contributed by atoms with van der Waals surface area (Å²) in [6.45, 7) is 4.54. The van der Waals surface area contributed by atoms with Crippen molar-refractivity contribution in [1.29, 1.82) is 5.26 Å². The van der Waals surface area contributed by atoms with Crippen LogP contribution in [0.1, 0.15) is 23.6 Å². The Morgan fingerprint density at radius 2 is 1.88 bits per heavy atom.